The fourth-order valence-electron chi connectivity index (χ4n) is 2.24. The summed E-state index contributed by atoms with van der Waals surface area (Å²) in [6.45, 7) is 4.17. The van der Waals surface area contributed by atoms with E-state index in [9.17, 15) is 0 Å². The van der Waals surface area contributed by atoms with Gasteiger partial charge in [-0.05, 0) is 43.5 Å². The Morgan fingerprint density at radius 1 is 1.24 bits per heavy atom. The summed E-state index contributed by atoms with van der Waals surface area (Å²) in [6.07, 6.45) is 3.71. The molecule has 1 unspecified atom stereocenters. The molecule has 108 valence electrons. The van der Waals surface area contributed by atoms with E-state index in [1.165, 1.54) is 4.88 Å². The Morgan fingerprint density at radius 3 is 2.81 bits per heavy atom. The molecular weight excluding hydrogens is 282 g/mol. The highest BCUT2D eigenvalue weighted by atomic mass is 32.1. The van der Waals surface area contributed by atoms with Gasteiger partial charge in [-0.3, -0.25) is 0 Å². The molecule has 0 aliphatic rings. The van der Waals surface area contributed by atoms with E-state index >= 15 is 0 Å². The molecule has 3 rings (SSSR count). The van der Waals surface area contributed by atoms with Crippen LogP contribution in [0.25, 0.3) is 10.8 Å². The van der Waals surface area contributed by atoms with Gasteiger partial charge in [0.15, 0.2) is 0 Å². The number of ether oxygens (including phenoxy) is 1. The molecule has 0 spiro atoms. The predicted molar refractivity (Wildman–Crippen MR) is 87.2 cm³/mol. The minimum atomic E-state index is 0.129. The first-order valence-electron chi connectivity index (χ1n) is 6.79. The normalized spacial score (nSPS) is 12.3. The minimum absolute atomic E-state index is 0.129. The monoisotopic (exact) mass is 299 g/mol. The molecule has 1 aromatic carbocycles. The molecule has 2 aromatic heterocycles. The maximum Gasteiger partial charge on any atom is 0.134 e. The highest BCUT2D eigenvalue weighted by Crippen LogP contribution is 2.28. The average Bonchev–Trinajstić information content (AvgIpc) is 2.93. The van der Waals surface area contributed by atoms with Gasteiger partial charge in [-0.1, -0.05) is 0 Å². The van der Waals surface area contributed by atoms with Gasteiger partial charge in [-0.15, -0.1) is 11.3 Å². The Balaban J connectivity index is 1.93. The first-order valence-corrected chi connectivity index (χ1v) is 7.60. The number of aromatic nitrogens is 2. The molecule has 3 aromatic rings. The zero-order chi connectivity index (χ0) is 14.8. The molecule has 21 heavy (non-hydrogen) atoms. The van der Waals surface area contributed by atoms with Gasteiger partial charge in [0.2, 0.25) is 0 Å². The summed E-state index contributed by atoms with van der Waals surface area (Å²) in [6, 6.07) is 8.11. The number of aryl methyl sites for hydroxylation is 1. The summed E-state index contributed by atoms with van der Waals surface area (Å²) in [7, 11) is 1.67. The second-order valence-corrected chi connectivity index (χ2v) is 6.19. The third-order valence-electron chi connectivity index (χ3n) is 3.33. The van der Waals surface area contributed by atoms with Crippen molar-refractivity contribution in [2.24, 2.45) is 0 Å². The number of rotatable bonds is 4. The molecule has 0 saturated heterocycles. The van der Waals surface area contributed by atoms with Crippen LogP contribution in [0.3, 0.4) is 0 Å². The van der Waals surface area contributed by atoms with Gasteiger partial charge in [0.05, 0.1) is 13.2 Å². The van der Waals surface area contributed by atoms with Gasteiger partial charge >= 0.3 is 0 Å². The Bertz CT molecular complexity index is 769. The number of benzene rings is 1. The lowest BCUT2D eigenvalue weighted by molar-refractivity contribution is 0.415. The highest BCUT2D eigenvalue weighted by Gasteiger charge is 2.12. The third-order valence-corrected chi connectivity index (χ3v) is 4.43. The Kier molecular flexibility index (Phi) is 3.75. The third kappa shape index (κ3) is 2.83. The largest absolute Gasteiger partial charge is 0.497 e. The van der Waals surface area contributed by atoms with Crippen molar-refractivity contribution in [3.8, 4) is 5.75 Å². The second kappa shape index (κ2) is 5.69. The summed E-state index contributed by atoms with van der Waals surface area (Å²) >= 11 is 1.71. The molecule has 2 heterocycles. The summed E-state index contributed by atoms with van der Waals surface area (Å²) in [4.78, 5) is 10.1. The molecule has 4 nitrogen and oxygen atoms in total. The zero-order valence-electron chi connectivity index (χ0n) is 12.3. The van der Waals surface area contributed by atoms with Crippen molar-refractivity contribution in [3.05, 3.63) is 46.5 Å². The topological polar surface area (TPSA) is 47.0 Å². The van der Waals surface area contributed by atoms with E-state index in [0.717, 1.165) is 27.3 Å². The molecule has 0 fully saturated rings. The smallest absolute Gasteiger partial charge is 0.134 e. The van der Waals surface area contributed by atoms with Crippen LogP contribution in [0.5, 0.6) is 5.75 Å². The maximum atomic E-state index is 5.27. The van der Waals surface area contributed by atoms with Gasteiger partial charge < -0.3 is 10.1 Å². The van der Waals surface area contributed by atoms with Crippen LogP contribution in [0.4, 0.5) is 5.82 Å². The zero-order valence-corrected chi connectivity index (χ0v) is 13.1. The van der Waals surface area contributed by atoms with Crippen LogP contribution >= 0.6 is 11.3 Å². The summed E-state index contributed by atoms with van der Waals surface area (Å²) in [5.74, 6) is 1.72. The number of methoxy groups -OCH3 is 1. The van der Waals surface area contributed by atoms with E-state index in [-0.39, 0.29) is 6.04 Å². The van der Waals surface area contributed by atoms with Crippen LogP contribution in [-0.4, -0.2) is 17.1 Å². The van der Waals surface area contributed by atoms with Crippen LogP contribution in [0.2, 0.25) is 0 Å². The number of thiazole rings is 1. The number of fused-ring (bicyclic) bond motifs is 1. The standard InChI is InChI=1S/C16H17N3OS/c1-10-9-18-16(21-10)11(2)19-15-14-5-4-13(20-3)8-12(14)6-7-17-15/h4-9,11H,1-3H3,(H,17,19). The first kappa shape index (κ1) is 13.8. The summed E-state index contributed by atoms with van der Waals surface area (Å²) in [5.41, 5.74) is 0. The average molecular weight is 299 g/mol. The van der Waals surface area contributed by atoms with Crippen molar-refractivity contribution in [3.63, 3.8) is 0 Å². The molecular formula is C16H17N3OS. The van der Waals surface area contributed by atoms with Crippen molar-refractivity contribution >= 4 is 27.9 Å². The Morgan fingerprint density at radius 2 is 2.10 bits per heavy atom. The lowest BCUT2D eigenvalue weighted by Gasteiger charge is -2.14. The molecule has 0 bridgehead atoms. The van der Waals surface area contributed by atoms with Gasteiger partial charge in [0, 0.05) is 22.7 Å². The van der Waals surface area contributed by atoms with Gasteiger partial charge in [-0.2, -0.15) is 0 Å². The molecule has 0 aliphatic heterocycles. The molecule has 0 aliphatic carbocycles. The minimum Gasteiger partial charge on any atom is -0.497 e. The summed E-state index contributed by atoms with van der Waals surface area (Å²) < 4.78 is 5.27. The van der Waals surface area contributed by atoms with E-state index in [1.807, 2.05) is 36.7 Å². The van der Waals surface area contributed by atoms with E-state index in [2.05, 4.69) is 29.1 Å². The second-order valence-electron chi connectivity index (χ2n) is 4.92. The quantitative estimate of drug-likeness (QED) is 0.785. The number of nitrogens with zero attached hydrogens (tertiary/aromatic N) is 2. The van der Waals surface area contributed by atoms with E-state index in [0.29, 0.717) is 0 Å². The molecule has 5 heteroatoms. The van der Waals surface area contributed by atoms with Crippen molar-refractivity contribution in [1.29, 1.82) is 0 Å². The lowest BCUT2D eigenvalue weighted by atomic mass is 10.1. The van der Waals surface area contributed by atoms with Crippen molar-refractivity contribution in [2.45, 2.75) is 19.9 Å². The lowest BCUT2D eigenvalue weighted by Crippen LogP contribution is -2.07. The molecule has 0 saturated carbocycles. The van der Waals surface area contributed by atoms with Crippen LogP contribution < -0.4 is 10.1 Å². The molecule has 1 N–H and O–H groups in total. The summed E-state index contributed by atoms with van der Waals surface area (Å²) in [5, 5.41) is 6.71. The Hall–Kier alpha value is -2.14. The molecule has 1 atom stereocenters. The molecule has 0 amide bonds. The fourth-order valence-corrected chi connectivity index (χ4v) is 3.01. The van der Waals surface area contributed by atoms with E-state index < -0.39 is 0 Å². The molecule has 0 radical (unpaired) electrons. The highest BCUT2D eigenvalue weighted by molar-refractivity contribution is 7.11. The number of hydrogen-bond donors (Lipinski definition) is 1. The van der Waals surface area contributed by atoms with E-state index in [4.69, 9.17) is 4.74 Å². The predicted octanol–water partition coefficient (Wildman–Crippen LogP) is 4.18. The van der Waals surface area contributed by atoms with Crippen molar-refractivity contribution < 1.29 is 4.74 Å². The van der Waals surface area contributed by atoms with Gasteiger partial charge in [-0.25, -0.2) is 9.97 Å². The number of hydrogen-bond acceptors (Lipinski definition) is 5. The fraction of sp³-hybridized carbons (Fsp3) is 0.250. The van der Waals surface area contributed by atoms with Crippen LogP contribution in [-0.2, 0) is 0 Å². The van der Waals surface area contributed by atoms with Crippen molar-refractivity contribution in [1.82, 2.24) is 9.97 Å². The number of pyridine rings is 1. The number of anilines is 1. The van der Waals surface area contributed by atoms with Crippen molar-refractivity contribution in [2.75, 3.05) is 12.4 Å². The van der Waals surface area contributed by atoms with Gasteiger partial charge in [0.25, 0.3) is 0 Å². The Labute approximate surface area is 127 Å². The van der Waals surface area contributed by atoms with Crippen LogP contribution in [0, 0.1) is 6.92 Å². The maximum absolute atomic E-state index is 5.27. The van der Waals surface area contributed by atoms with Crippen LogP contribution in [0.15, 0.2) is 36.7 Å². The SMILES string of the molecule is COc1ccc2c(NC(C)c3ncc(C)s3)nccc2c1. The van der Waals surface area contributed by atoms with E-state index in [1.54, 1.807) is 18.4 Å². The van der Waals surface area contributed by atoms with Gasteiger partial charge in [0.1, 0.15) is 16.6 Å². The van der Waals surface area contributed by atoms with Crippen LogP contribution in [0.1, 0.15) is 22.9 Å². The number of nitrogens with one attached hydrogen (secondary N) is 1. The first-order chi connectivity index (χ1) is 10.2.